The molecule has 0 unspecified atom stereocenters. The van der Waals surface area contributed by atoms with Gasteiger partial charge < -0.3 is 15.1 Å². The number of halogens is 1. The molecule has 0 radical (unpaired) electrons. The summed E-state index contributed by atoms with van der Waals surface area (Å²) in [4.78, 5) is 26.5. The van der Waals surface area contributed by atoms with Crippen LogP contribution in [-0.2, 0) is 9.59 Å². The van der Waals surface area contributed by atoms with Gasteiger partial charge in [-0.05, 0) is 31.2 Å². The van der Waals surface area contributed by atoms with Crippen molar-refractivity contribution in [3.05, 3.63) is 0 Å². The highest BCUT2D eigenvalue weighted by Crippen LogP contribution is 2.36. The van der Waals surface area contributed by atoms with E-state index in [1.54, 1.807) is 7.05 Å². The van der Waals surface area contributed by atoms with Crippen molar-refractivity contribution in [3.8, 4) is 0 Å². The molecule has 0 atom stereocenters. The molecule has 5 nitrogen and oxygen atoms in total. The molecular weight excluding hydrogens is 266 g/mol. The average molecular weight is 290 g/mol. The summed E-state index contributed by atoms with van der Waals surface area (Å²) in [5.41, 5.74) is 0.434. The number of hydrogen-bond donors (Lipinski definition) is 1. The summed E-state index contributed by atoms with van der Waals surface area (Å²) in [6.07, 6.45) is 3.42. The van der Waals surface area contributed by atoms with E-state index in [0.717, 1.165) is 39.0 Å². The Hall–Kier alpha value is -0.810. The Bertz CT molecular complexity index is 333. The van der Waals surface area contributed by atoms with Crippen LogP contribution in [0.15, 0.2) is 0 Å². The van der Waals surface area contributed by atoms with Crippen LogP contribution in [0.5, 0.6) is 0 Å². The molecule has 2 fully saturated rings. The molecule has 19 heavy (non-hydrogen) atoms. The molecule has 1 spiro atoms. The average Bonchev–Trinajstić information content (AvgIpc) is 2.78. The van der Waals surface area contributed by atoms with E-state index in [1.165, 1.54) is 18.2 Å². The molecule has 0 aromatic rings. The number of piperidine rings is 1. The van der Waals surface area contributed by atoms with E-state index in [0.29, 0.717) is 5.41 Å². The fourth-order valence-electron chi connectivity index (χ4n) is 2.87. The fourth-order valence-corrected chi connectivity index (χ4v) is 2.87. The lowest BCUT2D eigenvalue weighted by Crippen LogP contribution is -2.47. The van der Waals surface area contributed by atoms with Crippen LogP contribution in [0.3, 0.4) is 0 Å². The van der Waals surface area contributed by atoms with Gasteiger partial charge in [-0.1, -0.05) is 0 Å². The highest BCUT2D eigenvalue weighted by Gasteiger charge is 2.38. The standard InChI is InChI=1S/C13H23N3O2.ClH/c1-11(17)15(2)9-12(18)16-7-4-13(5-8-16)3-6-14-10-13;/h14H,3-10H2,1-2H3;1H. The van der Waals surface area contributed by atoms with Gasteiger partial charge in [0.05, 0.1) is 6.54 Å². The first-order chi connectivity index (χ1) is 8.52. The zero-order valence-electron chi connectivity index (χ0n) is 11.8. The van der Waals surface area contributed by atoms with Crippen molar-refractivity contribution in [3.63, 3.8) is 0 Å². The Labute approximate surface area is 121 Å². The Morgan fingerprint density at radius 2 is 1.89 bits per heavy atom. The third-order valence-electron chi connectivity index (χ3n) is 4.42. The Morgan fingerprint density at radius 1 is 1.26 bits per heavy atom. The summed E-state index contributed by atoms with van der Waals surface area (Å²) in [6.45, 7) is 5.59. The molecule has 0 aromatic heterocycles. The summed E-state index contributed by atoms with van der Waals surface area (Å²) < 4.78 is 0. The van der Waals surface area contributed by atoms with Crippen molar-refractivity contribution >= 4 is 24.2 Å². The molecule has 2 aliphatic rings. The summed E-state index contributed by atoms with van der Waals surface area (Å²) >= 11 is 0. The highest BCUT2D eigenvalue weighted by atomic mass is 35.5. The van der Waals surface area contributed by atoms with E-state index >= 15 is 0 Å². The molecule has 2 aliphatic heterocycles. The first-order valence-electron chi connectivity index (χ1n) is 6.73. The van der Waals surface area contributed by atoms with Gasteiger partial charge in [0.25, 0.3) is 0 Å². The third-order valence-corrected chi connectivity index (χ3v) is 4.42. The van der Waals surface area contributed by atoms with Crippen molar-refractivity contribution in [2.45, 2.75) is 26.2 Å². The fraction of sp³-hybridized carbons (Fsp3) is 0.846. The third kappa shape index (κ3) is 3.83. The minimum atomic E-state index is -0.0585. The summed E-state index contributed by atoms with van der Waals surface area (Å²) in [6, 6.07) is 0. The molecule has 0 saturated carbocycles. The molecular formula is C13H24ClN3O2. The number of rotatable bonds is 2. The highest BCUT2D eigenvalue weighted by molar-refractivity contribution is 5.85. The second-order valence-electron chi connectivity index (χ2n) is 5.68. The van der Waals surface area contributed by atoms with Gasteiger partial charge in [0.15, 0.2) is 0 Å². The maximum atomic E-state index is 12.0. The molecule has 2 rings (SSSR count). The predicted octanol–water partition coefficient (Wildman–Crippen LogP) is 0.489. The van der Waals surface area contributed by atoms with Gasteiger partial charge in [0.1, 0.15) is 0 Å². The van der Waals surface area contributed by atoms with Crippen molar-refractivity contribution in [1.82, 2.24) is 15.1 Å². The smallest absolute Gasteiger partial charge is 0.242 e. The Balaban J connectivity index is 0.00000180. The second-order valence-corrected chi connectivity index (χ2v) is 5.68. The maximum absolute atomic E-state index is 12.0. The number of likely N-dealkylation sites (tertiary alicyclic amines) is 1. The van der Waals surface area contributed by atoms with Gasteiger partial charge in [-0.2, -0.15) is 0 Å². The predicted molar refractivity (Wildman–Crippen MR) is 76.3 cm³/mol. The molecule has 0 aromatic carbocycles. The topological polar surface area (TPSA) is 52.7 Å². The Morgan fingerprint density at radius 3 is 2.37 bits per heavy atom. The first-order valence-corrected chi connectivity index (χ1v) is 6.73. The monoisotopic (exact) mass is 289 g/mol. The van der Waals surface area contributed by atoms with Gasteiger partial charge in [0.2, 0.25) is 11.8 Å². The van der Waals surface area contributed by atoms with Gasteiger partial charge in [-0.3, -0.25) is 9.59 Å². The molecule has 0 aliphatic carbocycles. The van der Waals surface area contributed by atoms with E-state index in [1.807, 2.05) is 4.90 Å². The molecule has 2 amide bonds. The molecule has 2 heterocycles. The van der Waals surface area contributed by atoms with Gasteiger partial charge in [-0.25, -0.2) is 0 Å². The zero-order valence-corrected chi connectivity index (χ0v) is 12.6. The van der Waals surface area contributed by atoms with Crippen LogP contribution in [0.25, 0.3) is 0 Å². The second kappa shape index (κ2) is 6.57. The largest absolute Gasteiger partial charge is 0.341 e. The van der Waals surface area contributed by atoms with Gasteiger partial charge in [0, 0.05) is 33.6 Å². The normalized spacial score (nSPS) is 21.1. The quantitative estimate of drug-likeness (QED) is 0.805. The zero-order chi connectivity index (χ0) is 13.2. The van der Waals surface area contributed by atoms with Crippen molar-refractivity contribution in [2.75, 3.05) is 39.8 Å². The molecule has 0 bridgehead atoms. The molecule has 2 saturated heterocycles. The molecule has 6 heteroatoms. The minimum Gasteiger partial charge on any atom is -0.341 e. The SMILES string of the molecule is CC(=O)N(C)CC(=O)N1CCC2(CCNC2)CC1.Cl. The summed E-state index contributed by atoms with van der Waals surface area (Å²) in [7, 11) is 1.67. The van der Waals surface area contributed by atoms with Crippen LogP contribution in [0.4, 0.5) is 0 Å². The van der Waals surface area contributed by atoms with Crippen LogP contribution >= 0.6 is 12.4 Å². The lowest BCUT2D eigenvalue weighted by atomic mass is 9.78. The molecule has 1 N–H and O–H groups in total. The summed E-state index contributed by atoms with van der Waals surface area (Å²) in [5.74, 6) is 0.0188. The first kappa shape index (κ1) is 16.2. The van der Waals surface area contributed by atoms with E-state index in [4.69, 9.17) is 0 Å². The van der Waals surface area contributed by atoms with E-state index < -0.39 is 0 Å². The number of carbonyl (C=O) groups is 2. The van der Waals surface area contributed by atoms with E-state index in [9.17, 15) is 9.59 Å². The van der Waals surface area contributed by atoms with Crippen molar-refractivity contribution in [2.24, 2.45) is 5.41 Å². The number of nitrogens with one attached hydrogen (secondary N) is 1. The minimum absolute atomic E-state index is 0. The number of likely N-dealkylation sites (N-methyl/N-ethyl adjacent to an activating group) is 1. The van der Waals surface area contributed by atoms with Crippen molar-refractivity contribution < 1.29 is 9.59 Å². The van der Waals surface area contributed by atoms with Crippen LogP contribution in [0, 0.1) is 5.41 Å². The van der Waals surface area contributed by atoms with Crippen LogP contribution in [-0.4, -0.2) is 61.4 Å². The number of nitrogens with zero attached hydrogens (tertiary/aromatic N) is 2. The Kier molecular flexibility index (Phi) is 5.62. The van der Waals surface area contributed by atoms with E-state index in [2.05, 4.69) is 5.32 Å². The van der Waals surface area contributed by atoms with Crippen molar-refractivity contribution in [1.29, 1.82) is 0 Å². The van der Waals surface area contributed by atoms with Crippen LogP contribution < -0.4 is 5.32 Å². The number of carbonyl (C=O) groups excluding carboxylic acids is 2. The lowest BCUT2D eigenvalue weighted by molar-refractivity contribution is -0.139. The molecule has 110 valence electrons. The van der Waals surface area contributed by atoms with E-state index in [-0.39, 0.29) is 30.8 Å². The van der Waals surface area contributed by atoms with Gasteiger partial charge >= 0.3 is 0 Å². The maximum Gasteiger partial charge on any atom is 0.242 e. The van der Waals surface area contributed by atoms with Crippen LogP contribution in [0.1, 0.15) is 26.2 Å². The number of hydrogen-bond acceptors (Lipinski definition) is 3. The van der Waals surface area contributed by atoms with Crippen LogP contribution in [0.2, 0.25) is 0 Å². The lowest BCUT2D eigenvalue weighted by Gasteiger charge is -2.39. The summed E-state index contributed by atoms with van der Waals surface area (Å²) in [5, 5.41) is 3.42. The van der Waals surface area contributed by atoms with Gasteiger partial charge in [-0.15, -0.1) is 12.4 Å². The number of amides is 2.